The molecule has 1 N–H and O–H groups in total. The summed E-state index contributed by atoms with van der Waals surface area (Å²) in [5.74, 6) is 0.663. The average Bonchev–Trinajstić information content (AvgIpc) is 2.76. The number of hydrogen-bond donors (Lipinski definition) is 1. The quantitative estimate of drug-likeness (QED) is 0.827. The standard InChI is InChI=1S/C12H14N2O/c1-2-8-15-12-9-11(13-14-12)10-6-4-3-5-7-10/h3-7,9H,2,8H2,1H3,(H,13,14). The Bertz CT molecular complexity index is 409. The Balaban J connectivity index is 2.14. The molecule has 0 amide bonds. The number of aromatic nitrogens is 2. The van der Waals surface area contributed by atoms with Crippen molar-refractivity contribution in [1.82, 2.24) is 10.2 Å². The second-order valence-electron chi connectivity index (χ2n) is 3.33. The first-order chi connectivity index (χ1) is 7.40. The molecule has 0 aliphatic heterocycles. The van der Waals surface area contributed by atoms with E-state index in [4.69, 9.17) is 4.74 Å². The van der Waals surface area contributed by atoms with E-state index in [0.717, 1.165) is 17.7 Å². The molecule has 0 aliphatic carbocycles. The van der Waals surface area contributed by atoms with Gasteiger partial charge in [-0.2, -0.15) is 0 Å². The summed E-state index contributed by atoms with van der Waals surface area (Å²) >= 11 is 0. The number of ether oxygens (including phenoxy) is 1. The van der Waals surface area contributed by atoms with Crippen LogP contribution in [0.2, 0.25) is 0 Å². The first-order valence-corrected chi connectivity index (χ1v) is 5.14. The fourth-order valence-corrected chi connectivity index (χ4v) is 1.35. The minimum Gasteiger partial charge on any atom is -0.477 e. The van der Waals surface area contributed by atoms with E-state index in [0.29, 0.717) is 12.5 Å². The van der Waals surface area contributed by atoms with Crippen LogP contribution >= 0.6 is 0 Å². The van der Waals surface area contributed by atoms with Gasteiger partial charge in [-0.1, -0.05) is 37.3 Å². The monoisotopic (exact) mass is 202 g/mol. The molecule has 1 aromatic heterocycles. The number of nitrogens with zero attached hydrogens (tertiary/aromatic N) is 1. The second-order valence-corrected chi connectivity index (χ2v) is 3.33. The molecular formula is C12H14N2O. The highest BCUT2D eigenvalue weighted by molar-refractivity contribution is 5.59. The fourth-order valence-electron chi connectivity index (χ4n) is 1.35. The van der Waals surface area contributed by atoms with E-state index in [1.54, 1.807) is 0 Å². The van der Waals surface area contributed by atoms with Gasteiger partial charge in [0.25, 0.3) is 0 Å². The molecule has 2 rings (SSSR count). The van der Waals surface area contributed by atoms with Crippen molar-refractivity contribution >= 4 is 0 Å². The molecular weight excluding hydrogens is 188 g/mol. The van der Waals surface area contributed by atoms with Gasteiger partial charge in [0.05, 0.1) is 12.3 Å². The lowest BCUT2D eigenvalue weighted by atomic mass is 10.2. The van der Waals surface area contributed by atoms with Gasteiger partial charge in [-0.3, -0.25) is 5.10 Å². The molecule has 3 heteroatoms. The summed E-state index contributed by atoms with van der Waals surface area (Å²) in [5, 5.41) is 7.04. The molecule has 15 heavy (non-hydrogen) atoms. The van der Waals surface area contributed by atoms with Gasteiger partial charge in [0.15, 0.2) is 0 Å². The third-order valence-corrected chi connectivity index (χ3v) is 2.09. The van der Waals surface area contributed by atoms with Crippen molar-refractivity contribution in [2.75, 3.05) is 6.61 Å². The molecule has 0 atom stereocenters. The predicted octanol–water partition coefficient (Wildman–Crippen LogP) is 2.87. The summed E-state index contributed by atoms with van der Waals surface area (Å²) in [5.41, 5.74) is 2.11. The van der Waals surface area contributed by atoms with Crippen LogP contribution in [0.1, 0.15) is 13.3 Å². The Morgan fingerprint density at radius 1 is 1.27 bits per heavy atom. The summed E-state index contributed by atoms with van der Waals surface area (Å²) in [6, 6.07) is 12.0. The molecule has 3 nitrogen and oxygen atoms in total. The summed E-state index contributed by atoms with van der Waals surface area (Å²) in [7, 11) is 0. The third-order valence-electron chi connectivity index (χ3n) is 2.09. The maximum absolute atomic E-state index is 5.41. The maximum atomic E-state index is 5.41. The molecule has 1 heterocycles. The molecule has 0 spiro atoms. The van der Waals surface area contributed by atoms with E-state index < -0.39 is 0 Å². The van der Waals surface area contributed by atoms with Crippen LogP contribution < -0.4 is 4.74 Å². The van der Waals surface area contributed by atoms with Crippen molar-refractivity contribution < 1.29 is 4.74 Å². The van der Waals surface area contributed by atoms with Gasteiger partial charge in [0.1, 0.15) is 0 Å². The average molecular weight is 202 g/mol. The van der Waals surface area contributed by atoms with Gasteiger partial charge >= 0.3 is 0 Å². The van der Waals surface area contributed by atoms with E-state index in [-0.39, 0.29) is 0 Å². The number of H-pyrrole nitrogens is 1. The topological polar surface area (TPSA) is 37.9 Å². The molecule has 1 aromatic carbocycles. The Morgan fingerprint density at radius 3 is 2.80 bits per heavy atom. The second kappa shape index (κ2) is 4.64. The lowest BCUT2D eigenvalue weighted by molar-refractivity contribution is 0.305. The number of nitrogens with one attached hydrogen (secondary N) is 1. The maximum Gasteiger partial charge on any atom is 0.233 e. The van der Waals surface area contributed by atoms with Crippen molar-refractivity contribution in [3.8, 4) is 17.1 Å². The number of aromatic amines is 1. The molecule has 0 saturated heterocycles. The third kappa shape index (κ3) is 2.37. The van der Waals surface area contributed by atoms with Crippen LogP contribution in [0.4, 0.5) is 0 Å². The molecule has 0 unspecified atom stereocenters. The molecule has 0 saturated carbocycles. The van der Waals surface area contributed by atoms with Crippen LogP contribution in [0.3, 0.4) is 0 Å². The molecule has 0 bridgehead atoms. The number of hydrogen-bond acceptors (Lipinski definition) is 2. The summed E-state index contributed by atoms with van der Waals surface area (Å²) in [4.78, 5) is 0. The van der Waals surface area contributed by atoms with Crippen LogP contribution in [0.5, 0.6) is 5.88 Å². The van der Waals surface area contributed by atoms with Crippen LogP contribution in [0.15, 0.2) is 36.4 Å². The zero-order chi connectivity index (χ0) is 10.5. The highest BCUT2D eigenvalue weighted by atomic mass is 16.5. The highest BCUT2D eigenvalue weighted by Gasteiger charge is 2.02. The molecule has 0 aliphatic rings. The van der Waals surface area contributed by atoms with Gasteiger partial charge in [0.2, 0.25) is 5.88 Å². The van der Waals surface area contributed by atoms with Crippen LogP contribution in [-0.2, 0) is 0 Å². The Morgan fingerprint density at radius 2 is 2.07 bits per heavy atom. The zero-order valence-electron chi connectivity index (χ0n) is 8.73. The van der Waals surface area contributed by atoms with Gasteiger partial charge in [-0.15, -0.1) is 5.10 Å². The van der Waals surface area contributed by atoms with E-state index in [1.165, 1.54) is 0 Å². The highest BCUT2D eigenvalue weighted by Crippen LogP contribution is 2.20. The van der Waals surface area contributed by atoms with Gasteiger partial charge in [0, 0.05) is 6.07 Å². The number of benzene rings is 1. The van der Waals surface area contributed by atoms with Crippen LogP contribution in [0.25, 0.3) is 11.3 Å². The van der Waals surface area contributed by atoms with Crippen molar-refractivity contribution in [3.05, 3.63) is 36.4 Å². The van der Waals surface area contributed by atoms with Crippen molar-refractivity contribution in [3.63, 3.8) is 0 Å². The molecule has 0 fully saturated rings. The smallest absolute Gasteiger partial charge is 0.233 e. The Labute approximate surface area is 89.1 Å². The fraction of sp³-hybridized carbons (Fsp3) is 0.250. The summed E-state index contributed by atoms with van der Waals surface area (Å²) in [6.07, 6.45) is 0.994. The van der Waals surface area contributed by atoms with Crippen molar-refractivity contribution in [1.29, 1.82) is 0 Å². The largest absolute Gasteiger partial charge is 0.477 e. The first kappa shape index (κ1) is 9.77. The Kier molecular flexibility index (Phi) is 3.02. The number of rotatable bonds is 4. The minimum absolute atomic E-state index is 0.663. The first-order valence-electron chi connectivity index (χ1n) is 5.14. The van der Waals surface area contributed by atoms with E-state index in [1.807, 2.05) is 36.4 Å². The molecule has 78 valence electrons. The predicted molar refractivity (Wildman–Crippen MR) is 59.8 cm³/mol. The lowest BCUT2D eigenvalue weighted by Crippen LogP contribution is -1.94. The van der Waals surface area contributed by atoms with Gasteiger partial charge < -0.3 is 4.74 Å². The molecule has 2 aromatic rings. The SMILES string of the molecule is CCCOc1cc(-c2ccccc2)[nH]n1. The van der Waals surface area contributed by atoms with Gasteiger partial charge in [-0.25, -0.2) is 0 Å². The van der Waals surface area contributed by atoms with Gasteiger partial charge in [-0.05, 0) is 12.0 Å². The van der Waals surface area contributed by atoms with E-state index in [2.05, 4.69) is 17.1 Å². The van der Waals surface area contributed by atoms with E-state index >= 15 is 0 Å². The van der Waals surface area contributed by atoms with E-state index in [9.17, 15) is 0 Å². The van der Waals surface area contributed by atoms with Crippen molar-refractivity contribution in [2.45, 2.75) is 13.3 Å². The van der Waals surface area contributed by atoms with Crippen LogP contribution in [-0.4, -0.2) is 16.8 Å². The normalized spacial score (nSPS) is 10.2. The van der Waals surface area contributed by atoms with Crippen molar-refractivity contribution in [2.24, 2.45) is 0 Å². The zero-order valence-corrected chi connectivity index (χ0v) is 8.73. The lowest BCUT2D eigenvalue weighted by Gasteiger charge is -1.97. The minimum atomic E-state index is 0.663. The summed E-state index contributed by atoms with van der Waals surface area (Å²) in [6.45, 7) is 2.78. The Hall–Kier alpha value is -1.77. The van der Waals surface area contributed by atoms with Crippen LogP contribution in [0, 0.1) is 0 Å². The summed E-state index contributed by atoms with van der Waals surface area (Å²) < 4.78 is 5.41. The molecule has 0 radical (unpaired) electrons.